The summed E-state index contributed by atoms with van der Waals surface area (Å²) < 4.78 is 7.58. The molecule has 3 nitrogen and oxygen atoms in total. The van der Waals surface area contributed by atoms with Crippen LogP contribution in [0.1, 0.15) is 33.0 Å². The largest absolute Gasteiger partial charge is 0.497 e. The van der Waals surface area contributed by atoms with Crippen molar-refractivity contribution < 1.29 is 4.74 Å². The van der Waals surface area contributed by atoms with E-state index < -0.39 is 0 Å². The SMILES string of the molecule is CCC(C)(C)n1c(CCCl)nc2cc(OC)ccc21. The Morgan fingerprint density at radius 1 is 1.37 bits per heavy atom. The number of nitrogens with zero attached hydrogens (tertiary/aromatic N) is 2. The highest BCUT2D eigenvalue weighted by Gasteiger charge is 2.24. The zero-order valence-electron chi connectivity index (χ0n) is 12.0. The van der Waals surface area contributed by atoms with Gasteiger partial charge in [-0.15, -0.1) is 11.6 Å². The molecule has 0 amide bonds. The van der Waals surface area contributed by atoms with Crippen LogP contribution in [-0.4, -0.2) is 22.5 Å². The van der Waals surface area contributed by atoms with E-state index in [1.54, 1.807) is 7.11 Å². The standard InChI is InChI=1S/C15H21ClN2O/c1-5-15(2,3)18-13-7-6-11(19-4)10-12(13)17-14(18)8-9-16/h6-7,10H,5,8-9H2,1-4H3. The summed E-state index contributed by atoms with van der Waals surface area (Å²) in [5.74, 6) is 2.47. The highest BCUT2D eigenvalue weighted by Crippen LogP contribution is 2.30. The average molecular weight is 281 g/mol. The number of fused-ring (bicyclic) bond motifs is 1. The summed E-state index contributed by atoms with van der Waals surface area (Å²) in [6.45, 7) is 6.66. The van der Waals surface area contributed by atoms with Crippen molar-refractivity contribution in [1.82, 2.24) is 9.55 Å². The maximum atomic E-state index is 5.91. The summed E-state index contributed by atoms with van der Waals surface area (Å²) in [6.07, 6.45) is 1.82. The smallest absolute Gasteiger partial charge is 0.121 e. The second kappa shape index (κ2) is 5.41. The van der Waals surface area contributed by atoms with Crippen molar-refractivity contribution in [3.8, 4) is 5.75 Å². The van der Waals surface area contributed by atoms with E-state index >= 15 is 0 Å². The third-order valence-corrected chi connectivity index (χ3v) is 3.91. The molecule has 0 fully saturated rings. The molecule has 1 heterocycles. The van der Waals surface area contributed by atoms with E-state index in [-0.39, 0.29) is 5.54 Å². The zero-order valence-corrected chi connectivity index (χ0v) is 12.8. The first kappa shape index (κ1) is 14.2. The molecule has 0 saturated carbocycles. The molecular weight excluding hydrogens is 260 g/mol. The molecule has 0 spiro atoms. The number of benzene rings is 1. The normalized spacial score (nSPS) is 12.1. The van der Waals surface area contributed by atoms with Crippen LogP contribution < -0.4 is 4.74 Å². The fourth-order valence-electron chi connectivity index (χ4n) is 2.32. The quantitative estimate of drug-likeness (QED) is 0.775. The summed E-state index contributed by atoms with van der Waals surface area (Å²) in [5, 5.41) is 0. The van der Waals surface area contributed by atoms with Crippen LogP contribution in [-0.2, 0) is 12.0 Å². The minimum absolute atomic E-state index is 0.0325. The fraction of sp³-hybridized carbons (Fsp3) is 0.533. The van der Waals surface area contributed by atoms with Crippen LogP contribution >= 0.6 is 11.6 Å². The number of aryl methyl sites for hydroxylation is 1. The van der Waals surface area contributed by atoms with Gasteiger partial charge in [0.1, 0.15) is 11.6 Å². The van der Waals surface area contributed by atoms with Crippen molar-refractivity contribution in [2.75, 3.05) is 13.0 Å². The number of halogens is 1. The Hall–Kier alpha value is -1.22. The Morgan fingerprint density at radius 2 is 2.11 bits per heavy atom. The molecule has 0 bridgehead atoms. The van der Waals surface area contributed by atoms with E-state index in [2.05, 4.69) is 31.4 Å². The van der Waals surface area contributed by atoms with Crippen molar-refractivity contribution >= 4 is 22.6 Å². The predicted octanol–water partition coefficient (Wildman–Crippen LogP) is 3.97. The first-order valence-electron chi connectivity index (χ1n) is 6.65. The molecule has 0 unspecified atom stereocenters. The van der Waals surface area contributed by atoms with Gasteiger partial charge >= 0.3 is 0 Å². The molecule has 104 valence electrons. The highest BCUT2D eigenvalue weighted by molar-refractivity contribution is 6.17. The van der Waals surface area contributed by atoms with Crippen LogP contribution in [0.15, 0.2) is 18.2 Å². The molecule has 0 N–H and O–H groups in total. The Bertz CT molecular complexity index is 575. The average Bonchev–Trinajstić information content (AvgIpc) is 2.76. The second-order valence-corrected chi connectivity index (χ2v) is 5.70. The maximum absolute atomic E-state index is 5.91. The number of aromatic nitrogens is 2. The lowest BCUT2D eigenvalue weighted by Crippen LogP contribution is -2.27. The second-order valence-electron chi connectivity index (χ2n) is 5.32. The molecule has 1 aromatic heterocycles. The molecule has 0 radical (unpaired) electrons. The van der Waals surface area contributed by atoms with E-state index in [0.717, 1.165) is 35.4 Å². The van der Waals surface area contributed by atoms with Crippen molar-refractivity contribution in [3.63, 3.8) is 0 Å². The highest BCUT2D eigenvalue weighted by atomic mass is 35.5. The topological polar surface area (TPSA) is 27.1 Å². The van der Waals surface area contributed by atoms with Gasteiger partial charge in [0.2, 0.25) is 0 Å². The molecule has 0 aliphatic rings. The lowest BCUT2D eigenvalue weighted by atomic mass is 10.0. The van der Waals surface area contributed by atoms with Gasteiger partial charge in [-0.25, -0.2) is 4.98 Å². The summed E-state index contributed by atoms with van der Waals surface area (Å²) >= 11 is 5.91. The van der Waals surface area contributed by atoms with E-state index in [1.807, 2.05) is 12.1 Å². The van der Waals surface area contributed by atoms with Gasteiger partial charge in [-0.1, -0.05) is 6.92 Å². The van der Waals surface area contributed by atoms with Crippen molar-refractivity contribution in [1.29, 1.82) is 0 Å². The minimum Gasteiger partial charge on any atom is -0.497 e. The molecule has 1 aromatic carbocycles. The van der Waals surface area contributed by atoms with Crippen molar-refractivity contribution in [3.05, 3.63) is 24.0 Å². The Kier molecular flexibility index (Phi) is 4.04. The number of hydrogen-bond donors (Lipinski definition) is 0. The Morgan fingerprint density at radius 3 is 2.68 bits per heavy atom. The molecule has 19 heavy (non-hydrogen) atoms. The molecule has 4 heteroatoms. The molecule has 0 saturated heterocycles. The van der Waals surface area contributed by atoms with E-state index in [9.17, 15) is 0 Å². The van der Waals surface area contributed by atoms with Crippen molar-refractivity contribution in [2.45, 2.75) is 39.2 Å². The summed E-state index contributed by atoms with van der Waals surface area (Å²) in [6, 6.07) is 6.04. The van der Waals surface area contributed by atoms with Crippen LogP contribution in [0.2, 0.25) is 0 Å². The van der Waals surface area contributed by atoms with Gasteiger partial charge in [0.25, 0.3) is 0 Å². The van der Waals surface area contributed by atoms with Gasteiger partial charge in [-0.3, -0.25) is 0 Å². The van der Waals surface area contributed by atoms with E-state index in [0.29, 0.717) is 5.88 Å². The predicted molar refractivity (Wildman–Crippen MR) is 80.3 cm³/mol. The molecule has 0 atom stereocenters. The fourth-order valence-corrected chi connectivity index (χ4v) is 2.49. The van der Waals surface area contributed by atoms with Crippen LogP contribution in [0.5, 0.6) is 5.75 Å². The summed E-state index contributed by atoms with van der Waals surface area (Å²) in [5.41, 5.74) is 2.15. The van der Waals surface area contributed by atoms with Gasteiger partial charge < -0.3 is 9.30 Å². The lowest BCUT2D eigenvalue weighted by Gasteiger charge is -2.28. The van der Waals surface area contributed by atoms with Gasteiger partial charge in [-0.2, -0.15) is 0 Å². The summed E-state index contributed by atoms with van der Waals surface area (Å²) in [4.78, 5) is 4.72. The van der Waals surface area contributed by atoms with Gasteiger partial charge in [-0.05, 0) is 32.4 Å². The Labute approximate surface area is 119 Å². The number of alkyl halides is 1. The van der Waals surface area contributed by atoms with Crippen LogP contribution in [0, 0.1) is 0 Å². The van der Waals surface area contributed by atoms with Crippen molar-refractivity contribution in [2.24, 2.45) is 0 Å². The van der Waals surface area contributed by atoms with Crippen LogP contribution in [0.4, 0.5) is 0 Å². The number of ether oxygens (including phenoxy) is 1. The third-order valence-electron chi connectivity index (χ3n) is 3.72. The molecule has 2 rings (SSSR count). The summed E-state index contributed by atoms with van der Waals surface area (Å²) in [7, 11) is 1.67. The Balaban J connectivity index is 2.67. The molecule has 0 aliphatic carbocycles. The van der Waals surface area contributed by atoms with E-state index in [1.165, 1.54) is 0 Å². The number of hydrogen-bond acceptors (Lipinski definition) is 2. The van der Waals surface area contributed by atoms with E-state index in [4.69, 9.17) is 21.3 Å². The first-order valence-corrected chi connectivity index (χ1v) is 7.18. The minimum atomic E-state index is 0.0325. The van der Waals surface area contributed by atoms with Gasteiger partial charge in [0.15, 0.2) is 0 Å². The zero-order chi connectivity index (χ0) is 14.0. The first-order chi connectivity index (χ1) is 9.03. The number of imidazole rings is 1. The number of methoxy groups -OCH3 is 1. The lowest BCUT2D eigenvalue weighted by molar-refractivity contribution is 0.342. The monoisotopic (exact) mass is 280 g/mol. The van der Waals surface area contributed by atoms with Gasteiger partial charge in [0, 0.05) is 23.9 Å². The third kappa shape index (κ3) is 2.57. The van der Waals surface area contributed by atoms with Gasteiger partial charge in [0.05, 0.1) is 18.1 Å². The molecule has 2 aromatic rings. The number of rotatable bonds is 5. The maximum Gasteiger partial charge on any atom is 0.121 e. The van der Waals surface area contributed by atoms with Crippen LogP contribution in [0.3, 0.4) is 0 Å². The van der Waals surface area contributed by atoms with Crippen LogP contribution in [0.25, 0.3) is 11.0 Å². The molecule has 0 aliphatic heterocycles. The molecular formula is C15H21ClN2O.